The van der Waals surface area contributed by atoms with Gasteiger partial charge < -0.3 is 10.1 Å². The molecule has 0 aromatic heterocycles. The van der Waals surface area contributed by atoms with Crippen molar-refractivity contribution < 1.29 is 13.9 Å². The lowest BCUT2D eigenvalue weighted by Gasteiger charge is -2.15. The van der Waals surface area contributed by atoms with Crippen molar-refractivity contribution in [1.29, 1.82) is 0 Å². The lowest BCUT2D eigenvalue weighted by atomic mass is 10.1. The zero-order chi connectivity index (χ0) is 15.9. The van der Waals surface area contributed by atoms with Gasteiger partial charge in [-0.25, -0.2) is 4.39 Å². The molecule has 0 heterocycles. The molecule has 0 saturated heterocycles. The topological polar surface area (TPSA) is 38.3 Å². The smallest absolute Gasteiger partial charge is 0.260 e. The Balaban J connectivity index is 1.77. The van der Waals surface area contributed by atoms with Gasteiger partial charge in [0, 0.05) is 11.0 Å². The highest BCUT2D eigenvalue weighted by molar-refractivity contribution is 9.10. The summed E-state index contributed by atoms with van der Waals surface area (Å²) in [6.45, 7) is 2.19. The first kappa shape index (κ1) is 16.5. The van der Waals surface area contributed by atoms with Crippen LogP contribution >= 0.6 is 15.9 Å². The summed E-state index contributed by atoms with van der Waals surface area (Å²) >= 11 is 3.35. The fraction of sp³-hybridized carbons (Fsp3) is 0.235. The first-order valence-corrected chi connectivity index (χ1v) is 7.78. The summed E-state index contributed by atoms with van der Waals surface area (Å²) < 4.78 is 19.3. The summed E-state index contributed by atoms with van der Waals surface area (Å²) in [7, 11) is 0. The van der Waals surface area contributed by atoms with Crippen LogP contribution in [0, 0.1) is 5.82 Å². The van der Waals surface area contributed by atoms with Crippen LogP contribution in [0.25, 0.3) is 0 Å². The average Bonchev–Trinajstić information content (AvgIpc) is 2.49. The molecule has 2 aromatic rings. The molecule has 0 spiro atoms. The Bertz CT molecular complexity index is 631. The highest BCUT2D eigenvalue weighted by atomic mass is 79.9. The number of ether oxygens (including phenoxy) is 1. The minimum atomic E-state index is -0.581. The highest BCUT2D eigenvalue weighted by Gasteiger charge is 2.14. The van der Waals surface area contributed by atoms with Crippen molar-refractivity contribution in [2.24, 2.45) is 0 Å². The molecule has 0 aliphatic rings. The SMILES string of the molecule is CC(Oc1cccc(Br)c1)C(=O)NCCc1ccc(F)cc1. The van der Waals surface area contributed by atoms with Crippen molar-refractivity contribution in [3.05, 3.63) is 64.4 Å². The third-order valence-corrected chi connectivity index (χ3v) is 3.60. The number of halogens is 2. The molecule has 116 valence electrons. The van der Waals surface area contributed by atoms with Crippen LogP contribution in [-0.4, -0.2) is 18.6 Å². The molecule has 0 aliphatic carbocycles. The van der Waals surface area contributed by atoms with Crippen LogP contribution in [0.2, 0.25) is 0 Å². The number of carbonyl (C=O) groups excluding carboxylic acids is 1. The summed E-state index contributed by atoms with van der Waals surface area (Å²) in [5, 5.41) is 2.81. The first-order valence-electron chi connectivity index (χ1n) is 6.99. The maximum absolute atomic E-state index is 12.8. The lowest BCUT2D eigenvalue weighted by molar-refractivity contribution is -0.127. The van der Waals surface area contributed by atoms with Gasteiger partial charge in [0.2, 0.25) is 0 Å². The predicted octanol–water partition coefficient (Wildman–Crippen LogP) is 3.71. The van der Waals surface area contributed by atoms with Crippen molar-refractivity contribution in [1.82, 2.24) is 5.32 Å². The molecule has 1 unspecified atom stereocenters. The quantitative estimate of drug-likeness (QED) is 0.847. The molecule has 1 N–H and O–H groups in total. The molecule has 0 bridgehead atoms. The summed E-state index contributed by atoms with van der Waals surface area (Å²) in [4.78, 5) is 12.0. The molecule has 2 rings (SSSR count). The van der Waals surface area contributed by atoms with Crippen molar-refractivity contribution >= 4 is 21.8 Å². The second-order valence-electron chi connectivity index (χ2n) is 4.88. The van der Waals surface area contributed by atoms with Gasteiger partial charge >= 0.3 is 0 Å². The normalized spacial score (nSPS) is 11.8. The molecule has 22 heavy (non-hydrogen) atoms. The van der Waals surface area contributed by atoms with E-state index in [0.717, 1.165) is 10.0 Å². The number of nitrogens with one attached hydrogen (secondary N) is 1. The van der Waals surface area contributed by atoms with E-state index in [2.05, 4.69) is 21.2 Å². The molecule has 0 saturated carbocycles. The fourth-order valence-electron chi connectivity index (χ4n) is 1.92. The van der Waals surface area contributed by atoms with Crippen molar-refractivity contribution in [2.75, 3.05) is 6.54 Å². The fourth-order valence-corrected chi connectivity index (χ4v) is 2.30. The third kappa shape index (κ3) is 5.15. The maximum atomic E-state index is 12.8. The molecule has 3 nitrogen and oxygen atoms in total. The van der Waals surface area contributed by atoms with E-state index < -0.39 is 6.10 Å². The molecular weight excluding hydrogens is 349 g/mol. The van der Waals surface area contributed by atoms with Crippen LogP contribution in [0.15, 0.2) is 53.0 Å². The van der Waals surface area contributed by atoms with E-state index in [9.17, 15) is 9.18 Å². The van der Waals surface area contributed by atoms with E-state index in [-0.39, 0.29) is 11.7 Å². The number of hydrogen-bond acceptors (Lipinski definition) is 2. The Kier molecular flexibility index (Phi) is 5.95. The van der Waals surface area contributed by atoms with Gasteiger partial charge in [-0.3, -0.25) is 4.79 Å². The monoisotopic (exact) mass is 365 g/mol. The number of carbonyl (C=O) groups is 1. The van der Waals surface area contributed by atoms with E-state index in [1.807, 2.05) is 18.2 Å². The molecule has 1 amide bonds. The Morgan fingerprint density at radius 3 is 2.68 bits per heavy atom. The summed E-state index contributed by atoms with van der Waals surface area (Å²) in [6.07, 6.45) is 0.0674. The summed E-state index contributed by atoms with van der Waals surface area (Å²) in [5.74, 6) is 0.196. The largest absolute Gasteiger partial charge is 0.481 e. The Morgan fingerprint density at radius 1 is 1.27 bits per heavy atom. The third-order valence-electron chi connectivity index (χ3n) is 3.10. The molecule has 5 heteroatoms. The molecule has 0 fully saturated rings. The maximum Gasteiger partial charge on any atom is 0.260 e. The van der Waals surface area contributed by atoms with Gasteiger partial charge in [0.15, 0.2) is 6.10 Å². The predicted molar refractivity (Wildman–Crippen MR) is 87.3 cm³/mol. The summed E-state index contributed by atoms with van der Waals surface area (Å²) in [6, 6.07) is 13.6. The van der Waals surface area contributed by atoms with Gasteiger partial charge in [-0.05, 0) is 49.2 Å². The van der Waals surface area contributed by atoms with Crippen LogP contribution in [0.4, 0.5) is 4.39 Å². The van der Waals surface area contributed by atoms with E-state index in [4.69, 9.17) is 4.74 Å². The second-order valence-corrected chi connectivity index (χ2v) is 5.80. The van der Waals surface area contributed by atoms with Crippen molar-refractivity contribution in [2.45, 2.75) is 19.4 Å². The average molecular weight is 366 g/mol. The molecule has 0 aliphatic heterocycles. The van der Waals surface area contributed by atoms with Crippen LogP contribution in [-0.2, 0) is 11.2 Å². The van der Waals surface area contributed by atoms with Crippen LogP contribution in [0.1, 0.15) is 12.5 Å². The Hall–Kier alpha value is -1.88. The van der Waals surface area contributed by atoms with Gasteiger partial charge in [0.25, 0.3) is 5.91 Å². The van der Waals surface area contributed by atoms with Gasteiger partial charge in [0.05, 0.1) is 0 Å². The van der Waals surface area contributed by atoms with Gasteiger partial charge in [-0.15, -0.1) is 0 Å². The van der Waals surface area contributed by atoms with Crippen LogP contribution < -0.4 is 10.1 Å². The van der Waals surface area contributed by atoms with Crippen molar-refractivity contribution in [3.8, 4) is 5.75 Å². The summed E-state index contributed by atoms with van der Waals surface area (Å²) in [5.41, 5.74) is 0.974. The molecule has 2 aromatic carbocycles. The zero-order valence-electron chi connectivity index (χ0n) is 12.2. The van der Waals surface area contributed by atoms with E-state index in [1.165, 1.54) is 12.1 Å². The number of amides is 1. The molecule has 0 radical (unpaired) electrons. The standard InChI is InChI=1S/C17H17BrFNO2/c1-12(22-16-4-2-3-14(18)11-16)17(21)20-10-9-13-5-7-15(19)8-6-13/h2-8,11-12H,9-10H2,1H3,(H,20,21). The minimum Gasteiger partial charge on any atom is -0.481 e. The molecular formula is C17H17BrFNO2. The van der Waals surface area contributed by atoms with Crippen LogP contribution in [0.5, 0.6) is 5.75 Å². The van der Waals surface area contributed by atoms with Gasteiger partial charge in [0.1, 0.15) is 11.6 Å². The van der Waals surface area contributed by atoms with E-state index in [0.29, 0.717) is 18.7 Å². The second kappa shape index (κ2) is 7.94. The Labute approximate surface area is 137 Å². The Morgan fingerprint density at radius 2 is 2.00 bits per heavy atom. The van der Waals surface area contributed by atoms with Gasteiger partial charge in [-0.1, -0.05) is 34.1 Å². The molecule has 1 atom stereocenters. The van der Waals surface area contributed by atoms with E-state index >= 15 is 0 Å². The first-order chi connectivity index (χ1) is 10.5. The number of rotatable bonds is 6. The zero-order valence-corrected chi connectivity index (χ0v) is 13.8. The number of benzene rings is 2. The van der Waals surface area contributed by atoms with E-state index in [1.54, 1.807) is 25.1 Å². The lowest BCUT2D eigenvalue weighted by Crippen LogP contribution is -2.37. The van der Waals surface area contributed by atoms with Crippen molar-refractivity contribution in [3.63, 3.8) is 0 Å². The van der Waals surface area contributed by atoms with Crippen LogP contribution in [0.3, 0.4) is 0 Å². The van der Waals surface area contributed by atoms with Gasteiger partial charge in [-0.2, -0.15) is 0 Å². The minimum absolute atomic E-state index is 0.179. The number of hydrogen-bond donors (Lipinski definition) is 1. The highest BCUT2D eigenvalue weighted by Crippen LogP contribution is 2.18.